The highest BCUT2D eigenvalue weighted by Gasteiger charge is 2.48. The summed E-state index contributed by atoms with van der Waals surface area (Å²) in [6.07, 6.45) is 8.53. The highest BCUT2D eigenvalue weighted by molar-refractivity contribution is 7.89. The van der Waals surface area contributed by atoms with Gasteiger partial charge in [-0.15, -0.1) is 0 Å². The Bertz CT molecular complexity index is 1040. The van der Waals surface area contributed by atoms with Crippen LogP contribution in [0.2, 0.25) is 0 Å². The Morgan fingerprint density at radius 2 is 2.03 bits per heavy atom. The molecule has 2 aromatic rings. The molecule has 5 heterocycles. The largest absolute Gasteiger partial charge is 0.376 e. The van der Waals surface area contributed by atoms with Gasteiger partial charge in [-0.05, 0) is 56.7 Å². The summed E-state index contributed by atoms with van der Waals surface area (Å²) in [5.41, 5.74) is 2.95. The van der Waals surface area contributed by atoms with Gasteiger partial charge >= 0.3 is 0 Å². The number of fused-ring (bicyclic) bond motifs is 4. The van der Waals surface area contributed by atoms with Crippen molar-refractivity contribution in [2.24, 2.45) is 0 Å². The van der Waals surface area contributed by atoms with E-state index in [4.69, 9.17) is 9.72 Å². The zero-order valence-electron chi connectivity index (χ0n) is 17.8. The maximum absolute atomic E-state index is 13.4. The van der Waals surface area contributed by atoms with Crippen LogP contribution in [-0.2, 0) is 27.6 Å². The topological polar surface area (TPSA) is 97.3 Å². The summed E-state index contributed by atoms with van der Waals surface area (Å²) in [6.45, 7) is 3.40. The molecule has 2 bridgehead atoms. The SMILES string of the molecule is Cc1nc2c(c(NCC3CCCO3)n1)C1CCC(C2)N1S(=O)(=O)CCc1ccncc1. The molecule has 1 N–H and O–H groups in total. The maximum atomic E-state index is 13.4. The van der Waals surface area contributed by atoms with Crippen LogP contribution >= 0.6 is 0 Å². The van der Waals surface area contributed by atoms with Crippen molar-refractivity contribution >= 4 is 15.8 Å². The average molecular weight is 444 g/mol. The lowest BCUT2D eigenvalue weighted by atomic mass is 10.00. The van der Waals surface area contributed by atoms with Crippen molar-refractivity contribution in [3.05, 3.63) is 47.2 Å². The molecule has 9 heteroatoms. The van der Waals surface area contributed by atoms with Gasteiger partial charge in [0, 0.05) is 43.6 Å². The molecule has 2 fully saturated rings. The minimum Gasteiger partial charge on any atom is -0.376 e. The number of aryl methyl sites for hydroxylation is 2. The van der Waals surface area contributed by atoms with Crippen LogP contribution in [0.5, 0.6) is 0 Å². The van der Waals surface area contributed by atoms with Crippen molar-refractivity contribution < 1.29 is 13.2 Å². The van der Waals surface area contributed by atoms with Crippen molar-refractivity contribution in [2.45, 2.75) is 63.6 Å². The first-order valence-corrected chi connectivity index (χ1v) is 12.7. The third-order valence-corrected chi connectivity index (χ3v) is 8.49. The fourth-order valence-electron chi connectivity index (χ4n) is 5.16. The van der Waals surface area contributed by atoms with Crippen LogP contribution in [0.25, 0.3) is 0 Å². The first kappa shape index (κ1) is 20.8. The minimum absolute atomic E-state index is 0.0137. The second-order valence-corrected chi connectivity index (χ2v) is 10.7. The standard InChI is InChI=1S/C22H29N5O3S/c1-15-25-19-13-17-4-5-20(21(19)22(26-15)24-14-18-3-2-11-30-18)27(17)31(28,29)12-8-16-6-9-23-10-7-16/h6-7,9-10,17-18,20H,2-5,8,11-14H2,1H3,(H,24,25,26). The quantitative estimate of drug-likeness (QED) is 0.702. The monoisotopic (exact) mass is 443 g/mol. The second kappa shape index (κ2) is 8.44. The molecule has 0 aliphatic carbocycles. The summed E-state index contributed by atoms with van der Waals surface area (Å²) in [4.78, 5) is 13.4. The van der Waals surface area contributed by atoms with Crippen LogP contribution in [0.15, 0.2) is 24.5 Å². The molecule has 5 rings (SSSR count). The van der Waals surface area contributed by atoms with E-state index in [0.29, 0.717) is 19.4 Å². The van der Waals surface area contributed by atoms with E-state index in [-0.39, 0.29) is 23.9 Å². The Kier molecular flexibility index (Phi) is 5.66. The number of aromatic nitrogens is 3. The van der Waals surface area contributed by atoms with Crippen molar-refractivity contribution in [1.82, 2.24) is 19.3 Å². The Balaban J connectivity index is 1.40. The predicted octanol–water partition coefficient (Wildman–Crippen LogP) is 2.41. The van der Waals surface area contributed by atoms with Crippen molar-refractivity contribution in [3.63, 3.8) is 0 Å². The number of hydrogen-bond acceptors (Lipinski definition) is 7. The maximum Gasteiger partial charge on any atom is 0.215 e. The molecule has 3 aliphatic heterocycles. The summed E-state index contributed by atoms with van der Waals surface area (Å²) < 4.78 is 34.3. The number of nitrogens with zero attached hydrogens (tertiary/aromatic N) is 4. The molecule has 3 unspecified atom stereocenters. The number of rotatable bonds is 7. The van der Waals surface area contributed by atoms with E-state index in [2.05, 4.69) is 15.3 Å². The van der Waals surface area contributed by atoms with Gasteiger partial charge in [-0.1, -0.05) is 0 Å². The van der Waals surface area contributed by atoms with E-state index in [1.54, 1.807) is 16.7 Å². The van der Waals surface area contributed by atoms with Crippen LogP contribution in [0, 0.1) is 6.92 Å². The van der Waals surface area contributed by atoms with Crippen LogP contribution < -0.4 is 5.32 Å². The average Bonchev–Trinajstić information content (AvgIpc) is 3.39. The van der Waals surface area contributed by atoms with Crippen LogP contribution in [0.4, 0.5) is 5.82 Å². The third-order valence-electron chi connectivity index (χ3n) is 6.58. The molecule has 0 radical (unpaired) electrons. The van der Waals surface area contributed by atoms with Crippen LogP contribution in [-0.4, -0.2) is 58.7 Å². The predicted molar refractivity (Wildman–Crippen MR) is 117 cm³/mol. The fraction of sp³-hybridized carbons (Fsp3) is 0.591. The molecule has 0 saturated carbocycles. The zero-order valence-corrected chi connectivity index (χ0v) is 18.6. The van der Waals surface area contributed by atoms with Crippen molar-refractivity contribution in [2.75, 3.05) is 24.2 Å². The Labute approximate surface area is 183 Å². The van der Waals surface area contributed by atoms with Gasteiger partial charge in [0.25, 0.3) is 0 Å². The molecule has 0 amide bonds. The molecule has 0 aromatic carbocycles. The van der Waals surface area contributed by atoms with Crippen molar-refractivity contribution in [1.29, 1.82) is 0 Å². The van der Waals surface area contributed by atoms with Gasteiger partial charge in [-0.25, -0.2) is 18.4 Å². The smallest absolute Gasteiger partial charge is 0.215 e. The van der Waals surface area contributed by atoms with Crippen LogP contribution in [0.3, 0.4) is 0 Å². The van der Waals surface area contributed by atoms with Gasteiger partial charge in [0.2, 0.25) is 10.0 Å². The number of hydrogen-bond donors (Lipinski definition) is 1. The highest BCUT2D eigenvalue weighted by atomic mass is 32.2. The molecular weight excluding hydrogens is 414 g/mol. The first-order chi connectivity index (χ1) is 15.0. The summed E-state index contributed by atoms with van der Waals surface area (Å²) in [6, 6.07) is 3.54. The van der Waals surface area contributed by atoms with E-state index >= 15 is 0 Å². The van der Waals surface area contributed by atoms with Gasteiger partial charge in [0.05, 0.1) is 23.6 Å². The van der Waals surface area contributed by atoms with Gasteiger partial charge in [-0.3, -0.25) is 4.98 Å². The molecular formula is C22H29N5O3S. The van der Waals surface area contributed by atoms with Gasteiger partial charge in [0.15, 0.2) is 0 Å². The van der Waals surface area contributed by atoms with Gasteiger partial charge < -0.3 is 10.1 Å². The highest BCUT2D eigenvalue weighted by Crippen LogP contribution is 2.47. The van der Waals surface area contributed by atoms with E-state index in [1.165, 1.54) is 0 Å². The summed E-state index contributed by atoms with van der Waals surface area (Å²) in [5, 5.41) is 3.46. The lowest BCUT2D eigenvalue weighted by Crippen LogP contribution is -2.44. The Morgan fingerprint density at radius 1 is 1.19 bits per heavy atom. The molecule has 8 nitrogen and oxygen atoms in total. The Hall–Kier alpha value is -2.10. The molecule has 2 saturated heterocycles. The van der Waals surface area contributed by atoms with E-state index in [0.717, 1.165) is 60.8 Å². The number of ether oxygens (including phenoxy) is 1. The first-order valence-electron chi connectivity index (χ1n) is 11.1. The lowest BCUT2D eigenvalue weighted by Gasteiger charge is -2.35. The Morgan fingerprint density at radius 3 is 2.81 bits per heavy atom. The van der Waals surface area contributed by atoms with Gasteiger partial charge in [0.1, 0.15) is 11.6 Å². The van der Waals surface area contributed by atoms with Gasteiger partial charge in [-0.2, -0.15) is 4.31 Å². The molecule has 3 aliphatic rings. The summed E-state index contributed by atoms with van der Waals surface area (Å²) >= 11 is 0. The van der Waals surface area contributed by atoms with E-state index in [1.807, 2.05) is 19.1 Å². The number of nitrogens with one attached hydrogen (secondary N) is 1. The number of pyridine rings is 1. The summed E-state index contributed by atoms with van der Waals surface area (Å²) in [5.74, 6) is 1.60. The molecule has 31 heavy (non-hydrogen) atoms. The zero-order chi connectivity index (χ0) is 21.4. The molecule has 3 atom stereocenters. The number of sulfonamides is 1. The van der Waals surface area contributed by atoms with E-state index in [9.17, 15) is 8.42 Å². The van der Waals surface area contributed by atoms with Crippen molar-refractivity contribution in [3.8, 4) is 0 Å². The molecule has 0 spiro atoms. The lowest BCUT2D eigenvalue weighted by molar-refractivity contribution is 0.120. The molecule has 166 valence electrons. The fourth-order valence-corrected chi connectivity index (χ4v) is 7.10. The summed E-state index contributed by atoms with van der Waals surface area (Å²) in [7, 11) is -3.41. The third kappa shape index (κ3) is 4.18. The normalized spacial score (nSPS) is 25.5. The molecule has 2 aromatic heterocycles. The van der Waals surface area contributed by atoms with E-state index < -0.39 is 10.0 Å². The second-order valence-electron chi connectivity index (χ2n) is 8.70. The number of anilines is 1. The van der Waals surface area contributed by atoms with Crippen LogP contribution in [0.1, 0.15) is 54.4 Å². The minimum atomic E-state index is -3.41.